The van der Waals surface area contributed by atoms with Gasteiger partial charge < -0.3 is 15.4 Å². The van der Waals surface area contributed by atoms with Crippen molar-refractivity contribution in [3.8, 4) is 5.75 Å². The van der Waals surface area contributed by atoms with E-state index in [1.165, 1.54) is 24.0 Å². The van der Waals surface area contributed by atoms with Crippen molar-refractivity contribution in [3.05, 3.63) is 47.8 Å². The molecule has 0 bridgehead atoms. The molecule has 172 valence electrons. The van der Waals surface area contributed by atoms with E-state index in [9.17, 15) is 0 Å². The molecule has 2 heterocycles. The molecule has 0 radical (unpaired) electrons. The average Bonchev–Trinajstić information content (AvgIpc) is 3.43. The summed E-state index contributed by atoms with van der Waals surface area (Å²) in [6, 6.07) is 8.67. The van der Waals surface area contributed by atoms with Crippen molar-refractivity contribution < 1.29 is 4.74 Å². The monoisotopic (exact) mass is 540 g/mol. The maximum Gasteiger partial charge on any atom is 0.191 e. The van der Waals surface area contributed by atoms with Crippen LogP contribution in [0, 0.1) is 6.92 Å². The lowest BCUT2D eigenvalue weighted by Crippen LogP contribution is -2.39. The third-order valence-corrected chi connectivity index (χ3v) is 5.45. The van der Waals surface area contributed by atoms with Gasteiger partial charge in [-0.25, -0.2) is 0 Å². The first-order valence-electron chi connectivity index (χ1n) is 11.1. The summed E-state index contributed by atoms with van der Waals surface area (Å²) >= 11 is 0. The molecule has 0 aliphatic carbocycles. The van der Waals surface area contributed by atoms with Crippen LogP contribution in [-0.2, 0) is 6.54 Å². The van der Waals surface area contributed by atoms with Gasteiger partial charge in [0.05, 0.1) is 25.9 Å². The summed E-state index contributed by atoms with van der Waals surface area (Å²) in [6.07, 6.45) is 7.49. The zero-order chi connectivity index (χ0) is 21.2. The molecule has 1 fully saturated rings. The Bertz CT molecular complexity index is 803. The van der Waals surface area contributed by atoms with Gasteiger partial charge in [0, 0.05) is 25.8 Å². The van der Waals surface area contributed by atoms with Crippen LogP contribution in [0.1, 0.15) is 43.4 Å². The van der Waals surface area contributed by atoms with Crippen LogP contribution in [0.15, 0.2) is 41.7 Å². The highest BCUT2D eigenvalue weighted by molar-refractivity contribution is 14.0. The minimum absolute atomic E-state index is 0. The minimum Gasteiger partial charge on any atom is -0.497 e. The highest BCUT2D eigenvalue weighted by atomic mass is 127. The molecule has 1 aromatic heterocycles. The first-order valence-corrected chi connectivity index (χ1v) is 11.1. The lowest BCUT2D eigenvalue weighted by Gasteiger charge is -2.27. The minimum atomic E-state index is 0. The molecule has 1 unspecified atom stereocenters. The topological polar surface area (TPSA) is 66.7 Å². The maximum atomic E-state index is 5.45. The lowest BCUT2D eigenvalue weighted by atomic mass is 10.1. The molecule has 2 N–H and O–H groups in total. The van der Waals surface area contributed by atoms with Crippen molar-refractivity contribution in [3.63, 3.8) is 0 Å². The van der Waals surface area contributed by atoms with Crippen molar-refractivity contribution in [1.82, 2.24) is 25.3 Å². The maximum absolute atomic E-state index is 5.45. The summed E-state index contributed by atoms with van der Waals surface area (Å²) in [7, 11) is 1.72. The van der Waals surface area contributed by atoms with Gasteiger partial charge in [0.1, 0.15) is 5.75 Å². The number of hydrogen-bond acceptors (Lipinski definition) is 4. The average molecular weight is 540 g/mol. The number of likely N-dealkylation sites (tertiary alicyclic amines) is 1. The molecule has 0 spiro atoms. The Morgan fingerprint density at radius 2 is 2.06 bits per heavy atom. The summed E-state index contributed by atoms with van der Waals surface area (Å²) in [6.45, 7) is 9.76. The highest BCUT2D eigenvalue weighted by Gasteiger charge is 2.23. The van der Waals surface area contributed by atoms with Crippen molar-refractivity contribution in [2.75, 3.05) is 39.8 Å². The van der Waals surface area contributed by atoms with Crippen molar-refractivity contribution in [2.45, 2.75) is 45.7 Å². The molecule has 7 nitrogen and oxygen atoms in total. The third-order valence-electron chi connectivity index (χ3n) is 5.45. The highest BCUT2D eigenvalue weighted by Crippen LogP contribution is 2.27. The van der Waals surface area contributed by atoms with Crippen LogP contribution in [-0.4, -0.2) is 60.5 Å². The molecule has 1 aromatic carbocycles. The number of aromatic nitrogens is 2. The number of ether oxygens (including phenoxy) is 1. The van der Waals surface area contributed by atoms with Crippen molar-refractivity contribution in [1.29, 1.82) is 0 Å². The van der Waals surface area contributed by atoms with Crippen molar-refractivity contribution >= 4 is 29.9 Å². The Labute approximate surface area is 203 Å². The summed E-state index contributed by atoms with van der Waals surface area (Å²) in [5.41, 5.74) is 2.47. The van der Waals surface area contributed by atoms with Gasteiger partial charge in [-0.2, -0.15) is 5.10 Å². The van der Waals surface area contributed by atoms with E-state index in [1.807, 2.05) is 16.9 Å². The lowest BCUT2D eigenvalue weighted by molar-refractivity contribution is 0.251. The fourth-order valence-electron chi connectivity index (χ4n) is 3.89. The van der Waals surface area contributed by atoms with E-state index < -0.39 is 0 Å². The number of methoxy groups -OCH3 is 1. The van der Waals surface area contributed by atoms with Gasteiger partial charge in [-0.3, -0.25) is 14.6 Å². The van der Waals surface area contributed by atoms with Gasteiger partial charge in [0.15, 0.2) is 5.96 Å². The fourth-order valence-corrected chi connectivity index (χ4v) is 3.89. The number of nitrogens with one attached hydrogen (secondary N) is 2. The molecule has 1 atom stereocenters. The molecule has 0 amide bonds. The molecule has 31 heavy (non-hydrogen) atoms. The Hall–Kier alpha value is -1.81. The first-order chi connectivity index (χ1) is 14.7. The third kappa shape index (κ3) is 7.99. The van der Waals surface area contributed by atoms with Gasteiger partial charge in [-0.15, -0.1) is 24.0 Å². The number of halogens is 1. The molecule has 1 aliphatic heterocycles. The summed E-state index contributed by atoms with van der Waals surface area (Å²) < 4.78 is 7.44. The first kappa shape index (κ1) is 25.5. The van der Waals surface area contributed by atoms with E-state index in [2.05, 4.69) is 58.9 Å². The van der Waals surface area contributed by atoms with Crippen LogP contribution in [0.5, 0.6) is 5.75 Å². The van der Waals surface area contributed by atoms with Crippen LogP contribution in [0.3, 0.4) is 0 Å². The molecule has 3 rings (SSSR count). The SMILES string of the molecule is CCNC(=NCC(c1cccc(OC)c1)N1CCCC1)NCCCn1cc(C)cn1.I. The Morgan fingerprint density at radius 1 is 1.26 bits per heavy atom. The van der Waals surface area contributed by atoms with Crippen LogP contribution < -0.4 is 15.4 Å². The molecule has 2 aromatic rings. The van der Waals surface area contributed by atoms with E-state index in [-0.39, 0.29) is 30.0 Å². The largest absolute Gasteiger partial charge is 0.497 e. The fraction of sp³-hybridized carbons (Fsp3) is 0.565. The zero-order valence-corrected chi connectivity index (χ0v) is 21.3. The normalized spacial score (nSPS) is 15.4. The number of aryl methyl sites for hydroxylation is 2. The van der Waals surface area contributed by atoms with Gasteiger partial charge >= 0.3 is 0 Å². The van der Waals surface area contributed by atoms with Gasteiger partial charge in [-0.05, 0) is 69.5 Å². The second-order valence-electron chi connectivity index (χ2n) is 7.82. The second kappa shape index (κ2) is 13.6. The van der Waals surface area contributed by atoms with Gasteiger partial charge in [0.2, 0.25) is 0 Å². The summed E-state index contributed by atoms with van der Waals surface area (Å²) in [5, 5.41) is 11.2. The Balaban J connectivity index is 0.00000341. The second-order valence-corrected chi connectivity index (χ2v) is 7.82. The molecule has 0 saturated carbocycles. The predicted octanol–water partition coefficient (Wildman–Crippen LogP) is 3.60. The molecule has 1 aliphatic rings. The van der Waals surface area contributed by atoms with Gasteiger partial charge in [-0.1, -0.05) is 12.1 Å². The molecular formula is C23H37IN6O. The van der Waals surface area contributed by atoms with E-state index in [0.717, 1.165) is 57.4 Å². The summed E-state index contributed by atoms with van der Waals surface area (Å²) in [5.74, 6) is 1.78. The van der Waals surface area contributed by atoms with E-state index >= 15 is 0 Å². The Kier molecular flexibility index (Phi) is 11.1. The van der Waals surface area contributed by atoms with E-state index in [4.69, 9.17) is 9.73 Å². The zero-order valence-electron chi connectivity index (χ0n) is 19.0. The number of aliphatic imine (C=N–C) groups is 1. The van der Waals surface area contributed by atoms with Crippen molar-refractivity contribution in [2.24, 2.45) is 4.99 Å². The smallest absolute Gasteiger partial charge is 0.191 e. The molecular weight excluding hydrogens is 503 g/mol. The van der Waals surface area contributed by atoms with Crippen LogP contribution in [0.2, 0.25) is 0 Å². The van der Waals surface area contributed by atoms with E-state index in [0.29, 0.717) is 0 Å². The molecule has 8 heteroatoms. The van der Waals surface area contributed by atoms with Crippen LogP contribution >= 0.6 is 24.0 Å². The number of benzene rings is 1. The van der Waals surface area contributed by atoms with E-state index in [1.54, 1.807) is 7.11 Å². The summed E-state index contributed by atoms with van der Waals surface area (Å²) in [4.78, 5) is 7.47. The Morgan fingerprint density at radius 3 is 2.74 bits per heavy atom. The molecule has 1 saturated heterocycles. The van der Waals surface area contributed by atoms with Crippen LogP contribution in [0.25, 0.3) is 0 Å². The number of nitrogens with zero attached hydrogens (tertiary/aromatic N) is 4. The predicted molar refractivity (Wildman–Crippen MR) is 138 cm³/mol. The van der Waals surface area contributed by atoms with Gasteiger partial charge in [0.25, 0.3) is 0 Å². The number of hydrogen-bond donors (Lipinski definition) is 2. The number of rotatable bonds is 10. The van der Waals surface area contributed by atoms with Crippen LogP contribution in [0.4, 0.5) is 0 Å². The standard InChI is InChI=1S/C23H36N6O.HI/c1-4-24-23(25-11-8-14-29-18-19(2)16-27-29)26-17-22(28-12-5-6-13-28)20-9-7-10-21(15-20)30-3;/h7,9-10,15-16,18,22H,4-6,8,11-14,17H2,1-3H3,(H2,24,25,26);1H. The number of guanidine groups is 1. The quantitative estimate of drug-likeness (QED) is 0.209.